The Hall–Kier alpha value is -2.72. The summed E-state index contributed by atoms with van der Waals surface area (Å²) in [7, 11) is 0. The second-order valence-electron chi connectivity index (χ2n) is 8.20. The lowest BCUT2D eigenvalue weighted by Crippen LogP contribution is -2.38. The molecular formula is C24H26ClFN4O4. The minimum atomic E-state index is -0.479. The van der Waals surface area contributed by atoms with E-state index in [0.29, 0.717) is 48.3 Å². The Balaban J connectivity index is 1.41. The van der Waals surface area contributed by atoms with Crippen molar-refractivity contribution in [3.05, 3.63) is 47.5 Å². The lowest BCUT2D eigenvalue weighted by Gasteiger charge is -2.26. The van der Waals surface area contributed by atoms with Crippen LogP contribution in [0.3, 0.4) is 0 Å². The second-order valence-corrected chi connectivity index (χ2v) is 8.61. The van der Waals surface area contributed by atoms with E-state index in [0.717, 1.165) is 44.7 Å². The van der Waals surface area contributed by atoms with Crippen molar-refractivity contribution in [1.29, 1.82) is 0 Å². The Kier molecular flexibility index (Phi) is 7.24. The van der Waals surface area contributed by atoms with Gasteiger partial charge in [0.05, 0.1) is 37.0 Å². The van der Waals surface area contributed by atoms with E-state index in [-0.39, 0.29) is 11.1 Å². The third-order valence-electron chi connectivity index (χ3n) is 5.83. The van der Waals surface area contributed by atoms with Crippen molar-refractivity contribution in [3.8, 4) is 11.5 Å². The molecule has 2 fully saturated rings. The molecule has 0 bridgehead atoms. The zero-order valence-corrected chi connectivity index (χ0v) is 19.4. The van der Waals surface area contributed by atoms with E-state index < -0.39 is 5.82 Å². The molecule has 0 radical (unpaired) electrons. The smallest absolute Gasteiger partial charge is 0.163 e. The van der Waals surface area contributed by atoms with E-state index in [1.54, 1.807) is 6.07 Å². The van der Waals surface area contributed by atoms with Gasteiger partial charge in [0.15, 0.2) is 11.5 Å². The zero-order chi connectivity index (χ0) is 23.3. The number of nitrogens with zero attached hydrogens (tertiary/aromatic N) is 3. The molecule has 0 aliphatic carbocycles. The van der Waals surface area contributed by atoms with Crippen molar-refractivity contribution < 1.29 is 23.3 Å². The molecule has 1 aromatic heterocycles. The molecule has 180 valence electrons. The van der Waals surface area contributed by atoms with Gasteiger partial charge >= 0.3 is 0 Å². The highest BCUT2D eigenvalue weighted by Gasteiger charge is 2.21. The molecule has 5 rings (SSSR count). The van der Waals surface area contributed by atoms with Crippen molar-refractivity contribution in [2.24, 2.45) is 0 Å². The fraction of sp³-hybridized carbons (Fsp3) is 0.417. The first-order chi connectivity index (χ1) is 16.7. The van der Waals surface area contributed by atoms with E-state index >= 15 is 0 Å². The van der Waals surface area contributed by atoms with Crippen LogP contribution in [0.25, 0.3) is 10.9 Å². The number of rotatable bonds is 8. The highest BCUT2D eigenvalue weighted by molar-refractivity contribution is 6.31. The van der Waals surface area contributed by atoms with Gasteiger partial charge in [0.1, 0.15) is 30.7 Å². The van der Waals surface area contributed by atoms with Gasteiger partial charge in [0.2, 0.25) is 0 Å². The van der Waals surface area contributed by atoms with Crippen LogP contribution in [-0.4, -0.2) is 73.6 Å². The third-order valence-corrected chi connectivity index (χ3v) is 6.12. The molecule has 0 unspecified atom stereocenters. The number of fused-ring (bicyclic) bond motifs is 1. The molecule has 2 aliphatic heterocycles. The first kappa shape index (κ1) is 23.0. The number of anilines is 2. The minimum absolute atomic E-state index is 0.0320. The van der Waals surface area contributed by atoms with Gasteiger partial charge in [-0.3, -0.25) is 4.90 Å². The van der Waals surface area contributed by atoms with Crippen LogP contribution in [0.15, 0.2) is 36.7 Å². The van der Waals surface area contributed by atoms with Gasteiger partial charge in [0.25, 0.3) is 0 Å². The van der Waals surface area contributed by atoms with Gasteiger partial charge in [-0.2, -0.15) is 0 Å². The van der Waals surface area contributed by atoms with Crippen molar-refractivity contribution in [3.63, 3.8) is 0 Å². The van der Waals surface area contributed by atoms with Gasteiger partial charge in [-0.05, 0) is 24.3 Å². The molecule has 2 aromatic carbocycles. The normalized spacial score (nSPS) is 18.8. The lowest BCUT2D eigenvalue weighted by atomic mass is 10.2. The summed E-state index contributed by atoms with van der Waals surface area (Å²) in [6, 6.07) is 8.17. The predicted octanol–water partition coefficient (Wildman–Crippen LogP) is 4.04. The fourth-order valence-corrected chi connectivity index (χ4v) is 4.15. The maximum Gasteiger partial charge on any atom is 0.163 e. The van der Waals surface area contributed by atoms with Crippen molar-refractivity contribution >= 4 is 34.0 Å². The molecule has 0 spiro atoms. The Morgan fingerprint density at radius 1 is 1.09 bits per heavy atom. The van der Waals surface area contributed by atoms with Crippen LogP contribution in [0, 0.1) is 5.82 Å². The molecular weight excluding hydrogens is 463 g/mol. The van der Waals surface area contributed by atoms with Gasteiger partial charge in [-0.1, -0.05) is 11.6 Å². The number of hydrogen-bond donors (Lipinski definition) is 1. The van der Waals surface area contributed by atoms with Crippen LogP contribution in [0.4, 0.5) is 15.9 Å². The number of nitrogens with one attached hydrogen (secondary N) is 1. The summed E-state index contributed by atoms with van der Waals surface area (Å²) in [5.74, 6) is 1.32. The number of halogens is 2. The Labute approximate surface area is 201 Å². The molecule has 3 aromatic rings. The molecule has 0 saturated carbocycles. The molecule has 10 heteroatoms. The summed E-state index contributed by atoms with van der Waals surface area (Å²) in [6.45, 7) is 5.83. The first-order valence-electron chi connectivity index (χ1n) is 11.3. The summed E-state index contributed by atoms with van der Waals surface area (Å²) in [5, 5.41) is 3.98. The predicted molar refractivity (Wildman–Crippen MR) is 127 cm³/mol. The van der Waals surface area contributed by atoms with E-state index in [9.17, 15) is 4.39 Å². The lowest BCUT2D eigenvalue weighted by molar-refractivity contribution is 0.0319. The van der Waals surface area contributed by atoms with Gasteiger partial charge in [-0.15, -0.1) is 0 Å². The number of aromatic nitrogens is 2. The highest BCUT2D eigenvalue weighted by atomic mass is 35.5. The fourth-order valence-electron chi connectivity index (χ4n) is 3.97. The monoisotopic (exact) mass is 488 g/mol. The summed E-state index contributed by atoms with van der Waals surface area (Å²) >= 11 is 5.94. The van der Waals surface area contributed by atoms with Crippen LogP contribution < -0.4 is 14.8 Å². The Morgan fingerprint density at radius 2 is 1.97 bits per heavy atom. The van der Waals surface area contributed by atoms with Crippen molar-refractivity contribution in [2.75, 3.05) is 58.0 Å². The van der Waals surface area contributed by atoms with E-state index in [1.165, 1.54) is 18.5 Å². The topological polar surface area (TPSA) is 78.0 Å². The number of benzene rings is 2. The second kappa shape index (κ2) is 10.7. The molecule has 1 atom stereocenters. The Bertz CT molecular complexity index is 1140. The average molecular weight is 489 g/mol. The minimum Gasteiger partial charge on any atom is -0.488 e. The molecule has 2 saturated heterocycles. The molecule has 3 heterocycles. The number of hydrogen-bond acceptors (Lipinski definition) is 8. The molecule has 8 nitrogen and oxygen atoms in total. The van der Waals surface area contributed by atoms with Gasteiger partial charge in [0, 0.05) is 43.2 Å². The maximum atomic E-state index is 13.6. The molecule has 34 heavy (non-hydrogen) atoms. The van der Waals surface area contributed by atoms with E-state index in [1.807, 2.05) is 12.1 Å². The molecule has 2 aliphatic rings. The number of ether oxygens (including phenoxy) is 4. The SMILES string of the molecule is Fc1ccc(Nc2ncnc3cc(OCCN4CCOCC4)c(O[C@H]4CCOC4)cc23)cc1Cl. The van der Waals surface area contributed by atoms with Crippen molar-refractivity contribution in [1.82, 2.24) is 14.9 Å². The van der Waals surface area contributed by atoms with E-state index in [2.05, 4.69) is 20.2 Å². The van der Waals surface area contributed by atoms with Crippen molar-refractivity contribution in [2.45, 2.75) is 12.5 Å². The van der Waals surface area contributed by atoms with Crippen LogP contribution >= 0.6 is 11.6 Å². The average Bonchev–Trinajstić information content (AvgIpc) is 3.36. The third kappa shape index (κ3) is 5.50. The van der Waals surface area contributed by atoms with Crippen LogP contribution in [0.5, 0.6) is 11.5 Å². The zero-order valence-electron chi connectivity index (χ0n) is 18.6. The Morgan fingerprint density at radius 3 is 2.76 bits per heavy atom. The molecule has 1 N–H and O–H groups in total. The summed E-state index contributed by atoms with van der Waals surface area (Å²) < 4.78 is 36.9. The van der Waals surface area contributed by atoms with Gasteiger partial charge < -0.3 is 24.3 Å². The standard InChI is InChI=1S/C24H26ClFN4O4/c25-19-11-16(1-2-20(19)26)29-24-18-12-23(34-17-3-7-32-14-17)22(13-21(18)27-15-28-24)33-10-6-30-4-8-31-9-5-30/h1-2,11-13,15,17H,3-10,14H2,(H,27,28,29)/t17-/m0/s1. The summed E-state index contributed by atoms with van der Waals surface area (Å²) in [6.07, 6.45) is 2.24. The molecule has 0 amide bonds. The van der Waals surface area contributed by atoms with Crippen LogP contribution in [0.2, 0.25) is 5.02 Å². The van der Waals surface area contributed by atoms with Gasteiger partial charge in [-0.25, -0.2) is 14.4 Å². The highest BCUT2D eigenvalue weighted by Crippen LogP contribution is 2.36. The first-order valence-corrected chi connectivity index (χ1v) is 11.7. The maximum absolute atomic E-state index is 13.6. The quantitative estimate of drug-likeness (QED) is 0.509. The largest absolute Gasteiger partial charge is 0.488 e. The van der Waals surface area contributed by atoms with E-state index in [4.69, 9.17) is 30.5 Å². The number of morpholine rings is 1. The van der Waals surface area contributed by atoms with Crippen LogP contribution in [0.1, 0.15) is 6.42 Å². The summed E-state index contributed by atoms with van der Waals surface area (Å²) in [5.41, 5.74) is 1.31. The summed E-state index contributed by atoms with van der Waals surface area (Å²) in [4.78, 5) is 11.1. The van der Waals surface area contributed by atoms with Crippen LogP contribution in [-0.2, 0) is 9.47 Å².